The number of hydrogen-bond acceptors (Lipinski definition) is 7. The van der Waals surface area contributed by atoms with Crippen molar-refractivity contribution >= 4 is 33.8 Å². The minimum Gasteiger partial charge on any atom is -0.494 e. The third kappa shape index (κ3) is 4.62. The molecule has 0 spiro atoms. The summed E-state index contributed by atoms with van der Waals surface area (Å²) in [4.78, 5) is 4.81. The van der Waals surface area contributed by atoms with Gasteiger partial charge in [-0.3, -0.25) is 0 Å². The minimum absolute atomic E-state index is 0.123. The van der Waals surface area contributed by atoms with E-state index in [4.69, 9.17) is 35.9 Å². The number of ether oxygens (including phenoxy) is 3. The highest BCUT2D eigenvalue weighted by Crippen LogP contribution is 2.42. The smallest absolute Gasteiger partial charge is 0.207 e. The molecule has 0 N–H and O–H groups in total. The summed E-state index contributed by atoms with van der Waals surface area (Å²) < 4.78 is 30.3. The van der Waals surface area contributed by atoms with Gasteiger partial charge in [0.05, 0.1) is 38.8 Å². The summed E-state index contributed by atoms with van der Waals surface area (Å²) in [5.74, 6) is 1.06. The maximum atomic E-state index is 14.3. The second kappa shape index (κ2) is 10.2. The summed E-state index contributed by atoms with van der Waals surface area (Å²) in [6.07, 6.45) is 0.656. The first-order chi connectivity index (χ1) is 17.5. The molecule has 2 heterocycles. The molecule has 0 bridgehead atoms. The van der Waals surface area contributed by atoms with E-state index in [0.717, 1.165) is 16.8 Å². The van der Waals surface area contributed by atoms with Crippen LogP contribution in [0.1, 0.15) is 23.6 Å². The Morgan fingerprint density at radius 3 is 2.28 bits per heavy atom. The third-order valence-electron chi connectivity index (χ3n) is 6.02. The number of methoxy groups -OCH3 is 3. The quantitative estimate of drug-likeness (QED) is 0.261. The van der Waals surface area contributed by atoms with E-state index in [1.807, 2.05) is 52.9 Å². The lowest BCUT2D eigenvalue weighted by molar-refractivity contribution is 0.354. The second-order valence-electron chi connectivity index (χ2n) is 8.10. The summed E-state index contributed by atoms with van der Waals surface area (Å²) in [5.41, 5.74) is 4.24. The molecule has 0 amide bonds. The minimum atomic E-state index is -0.433. The topological polar surface area (TPSA) is 56.2 Å². The van der Waals surface area contributed by atoms with Gasteiger partial charge in [0, 0.05) is 22.4 Å². The van der Waals surface area contributed by atoms with E-state index in [9.17, 15) is 4.39 Å². The Labute approximate surface area is 217 Å². The highest BCUT2D eigenvalue weighted by molar-refractivity contribution is 7.14. The molecule has 1 unspecified atom stereocenters. The number of thiazole rings is 1. The van der Waals surface area contributed by atoms with Crippen molar-refractivity contribution in [1.29, 1.82) is 0 Å². The first kappa shape index (κ1) is 24.1. The standard InChI is InChI=1S/C27H23ClFN3O3S/c1-33-24-10-6-17(12-20(24)29)22-15-36-27(30-22)32-23(18-7-11-25(34-2)26(13-18)35-3)14-21(31-32)16-4-8-19(28)9-5-16/h4-13,15,23H,14H2,1-3H3. The van der Waals surface area contributed by atoms with Crippen LogP contribution < -0.4 is 19.2 Å². The van der Waals surface area contributed by atoms with Crippen molar-refractivity contribution < 1.29 is 18.6 Å². The molecule has 0 radical (unpaired) electrons. The number of anilines is 1. The van der Waals surface area contributed by atoms with Crippen molar-refractivity contribution in [2.75, 3.05) is 26.3 Å². The number of aromatic nitrogens is 1. The van der Waals surface area contributed by atoms with E-state index in [1.54, 1.807) is 26.4 Å². The highest BCUT2D eigenvalue weighted by Gasteiger charge is 2.32. The van der Waals surface area contributed by atoms with Crippen LogP contribution in [-0.4, -0.2) is 32.0 Å². The zero-order chi connectivity index (χ0) is 25.2. The monoisotopic (exact) mass is 523 g/mol. The lowest BCUT2D eigenvalue weighted by atomic mass is 9.98. The first-order valence-corrected chi connectivity index (χ1v) is 12.4. The van der Waals surface area contributed by atoms with Gasteiger partial charge < -0.3 is 14.2 Å². The van der Waals surface area contributed by atoms with Gasteiger partial charge in [0.25, 0.3) is 0 Å². The van der Waals surface area contributed by atoms with Crippen molar-refractivity contribution in [3.05, 3.63) is 88.0 Å². The van der Waals surface area contributed by atoms with E-state index in [2.05, 4.69) is 0 Å². The summed E-state index contributed by atoms with van der Waals surface area (Å²) in [5, 5.41) is 10.1. The predicted molar refractivity (Wildman–Crippen MR) is 141 cm³/mol. The van der Waals surface area contributed by atoms with Gasteiger partial charge in [-0.2, -0.15) is 5.10 Å². The van der Waals surface area contributed by atoms with Crippen LogP contribution in [0.5, 0.6) is 17.2 Å². The molecular formula is C27H23ClFN3O3S. The first-order valence-electron chi connectivity index (χ1n) is 11.1. The average Bonchev–Trinajstić information content (AvgIpc) is 3.56. The molecule has 1 aliphatic heterocycles. The number of nitrogens with zero attached hydrogens (tertiary/aromatic N) is 3. The van der Waals surface area contributed by atoms with Gasteiger partial charge in [-0.05, 0) is 53.6 Å². The largest absolute Gasteiger partial charge is 0.494 e. The van der Waals surface area contributed by atoms with Crippen LogP contribution in [0.4, 0.5) is 9.52 Å². The van der Waals surface area contributed by atoms with Crippen molar-refractivity contribution in [2.24, 2.45) is 5.10 Å². The van der Waals surface area contributed by atoms with Gasteiger partial charge in [-0.1, -0.05) is 29.8 Å². The number of benzene rings is 3. The molecule has 6 nitrogen and oxygen atoms in total. The third-order valence-corrected chi connectivity index (χ3v) is 7.10. The van der Waals surface area contributed by atoms with E-state index in [-0.39, 0.29) is 11.8 Å². The Bertz CT molecular complexity index is 1420. The predicted octanol–water partition coefficient (Wildman–Crippen LogP) is 6.98. The van der Waals surface area contributed by atoms with Crippen LogP contribution in [0.15, 0.2) is 71.1 Å². The molecule has 9 heteroatoms. The lowest BCUT2D eigenvalue weighted by Gasteiger charge is -2.22. The molecule has 3 aromatic carbocycles. The van der Waals surface area contributed by atoms with Gasteiger partial charge in [0.15, 0.2) is 23.1 Å². The molecule has 0 fully saturated rings. The summed E-state index contributed by atoms with van der Waals surface area (Å²) in [7, 11) is 4.67. The van der Waals surface area contributed by atoms with Crippen LogP contribution in [0.3, 0.4) is 0 Å². The van der Waals surface area contributed by atoms with Crippen molar-refractivity contribution in [1.82, 2.24) is 4.98 Å². The Balaban J connectivity index is 1.54. The molecule has 0 aliphatic carbocycles. The Morgan fingerprint density at radius 2 is 1.58 bits per heavy atom. The molecule has 1 aromatic heterocycles. The molecular weight excluding hydrogens is 501 g/mol. The molecule has 0 saturated heterocycles. The second-order valence-corrected chi connectivity index (χ2v) is 9.37. The molecule has 184 valence electrons. The maximum absolute atomic E-state index is 14.3. The SMILES string of the molecule is COc1ccc(-c2csc(N3N=C(c4ccc(Cl)cc4)CC3c3ccc(OC)c(OC)c3)n2)cc1F. The van der Waals surface area contributed by atoms with Gasteiger partial charge >= 0.3 is 0 Å². The van der Waals surface area contributed by atoms with Gasteiger partial charge in [-0.25, -0.2) is 14.4 Å². The van der Waals surface area contributed by atoms with Crippen LogP contribution in [0, 0.1) is 5.82 Å². The number of hydrogen-bond donors (Lipinski definition) is 0. The molecule has 1 atom stereocenters. The highest BCUT2D eigenvalue weighted by atomic mass is 35.5. The van der Waals surface area contributed by atoms with Crippen molar-refractivity contribution in [3.63, 3.8) is 0 Å². The lowest BCUT2D eigenvalue weighted by Crippen LogP contribution is -2.18. The van der Waals surface area contributed by atoms with Crippen molar-refractivity contribution in [2.45, 2.75) is 12.5 Å². The van der Waals surface area contributed by atoms with Crippen molar-refractivity contribution in [3.8, 4) is 28.5 Å². The molecule has 1 aliphatic rings. The van der Waals surface area contributed by atoms with Gasteiger partial charge in [-0.15, -0.1) is 11.3 Å². The Kier molecular flexibility index (Phi) is 6.80. The number of rotatable bonds is 7. The average molecular weight is 524 g/mol. The van der Waals surface area contributed by atoms with E-state index < -0.39 is 5.82 Å². The van der Waals surface area contributed by atoms with E-state index in [0.29, 0.717) is 39.3 Å². The van der Waals surface area contributed by atoms with Crippen LogP contribution >= 0.6 is 22.9 Å². The fourth-order valence-corrected chi connectivity index (χ4v) is 5.11. The van der Waals surface area contributed by atoms with Crippen LogP contribution in [0.2, 0.25) is 5.02 Å². The Hall–Kier alpha value is -3.62. The normalized spacial score (nSPS) is 15.1. The maximum Gasteiger partial charge on any atom is 0.207 e. The van der Waals surface area contributed by atoms with E-state index >= 15 is 0 Å². The Morgan fingerprint density at radius 1 is 0.889 bits per heavy atom. The molecule has 5 rings (SSSR count). The van der Waals surface area contributed by atoms with E-state index in [1.165, 1.54) is 24.5 Å². The number of halogens is 2. The summed E-state index contributed by atoms with van der Waals surface area (Å²) >= 11 is 7.55. The number of hydrazone groups is 1. The van der Waals surface area contributed by atoms with Gasteiger partial charge in [0.2, 0.25) is 5.13 Å². The zero-order valence-electron chi connectivity index (χ0n) is 19.9. The fourth-order valence-electron chi connectivity index (χ4n) is 4.15. The zero-order valence-corrected chi connectivity index (χ0v) is 21.4. The summed E-state index contributed by atoms with van der Waals surface area (Å²) in [6.45, 7) is 0. The molecule has 0 saturated carbocycles. The fraction of sp³-hybridized carbons (Fsp3) is 0.185. The van der Waals surface area contributed by atoms with Gasteiger partial charge in [0.1, 0.15) is 0 Å². The van der Waals surface area contributed by atoms with Crippen LogP contribution in [0.25, 0.3) is 11.3 Å². The van der Waals surface area contributed by atoms with Crippen LogP contribution in [-0.2, 0) is 0 Å². The summed E-state index contributed by atoms with van der Waals surface area (Å²) in [6, 6.07) is 18.2. The molecule has 4 aromatic rings. The molecule has 36 heavy (non-hydrogen) atoms.